The molecule has 0 bridgehead atoms. The highest BCUT2D eigenvalue weighted by Crippen LogP contribution is 2.39. The average Bonchev–Trinajstić information content (AvgIpc) is 3.07. The average molecular weight is 417 g/mol. The molecule has 1 amide bonds. The van der Waals surface area contributed by atoms with E-state index in [1.807, 2.05) is 6.07 Å². The van der Waals surface area contributed by atoms with E-state index in [1.54, 1.807) is 17.7 Å². The summed E-state index contributed by atoms with van der Waals surface area (Å²) in [6.45, 7) is 1.42. The second kappa shape index (κ2) is 8.02. The summed E-state index contributed by atoms with van der Waals surface area (Å²) in [5, 5.41) is 9.34. The molecule has 2 aromatic heterocycles. The molecule has 0 aliphatic heterocycles. The number of hydrogen-bond donors (Lipinski definition) is 0. The third-order valence-electron chi connectivity index (χ3n) is 4.62. The van der Waals surface area contributed by atoms with Gasteiger partial charge in [-0.15, -0.1) is 0 Å². The number of carbonyl (C=O) groups is 1. The molecule has 0 spiro atoms. The highest BCUT2D eigenvalue weighted by molar-refractivity contribution is 5.84. The van der Waals surface area contributed by atoms with Gasteiger partial charge in [0.25, 0.3) is 0 Å². The number of alkyl halides is 3. The topological polar surface area (TPSA) is 84.0 Å². The van der Waals surface area contributed by atoms with Crippen LogP contribution in [-0.4, -0.2) is 45.5 Å². The van der Waals surface area contributed by atoms with Crippen LogP contribution in [0.5, 0.6) is 5.75 Å². The van der Waals surface area contributed by atoms with E-state index in [9.17, 15) is 23.2 Å². The summed E-state index contributed by atoms with van der Waals surface area (Å²) in [6, 6.07) is 7.12. The molecular formula is C20H18F3N5O2. The molecule has 156 valence electrons. The lowest BCUT2D eigenvalue weighted by atomic mass is 10.1. The van der Waals surface area contributed by atoms with Gasteiger partial charge in [0.15, 0.2) is 5.69 Å². The molecule has 0 atom stereocenters. The number of rotatable bonds is 5. The van der Waals surface area contributed by atoms with Crippen molar-refractivity contribution in [3.8, 4) is 23.1 Å². The molecule has 0 N–H and O–H groups in total. The molecule has 0 fully saturated rings. The van der Waals surface area contributed by atoms with Gasteiger partial charge in [-0.1, -0.05) is 0 Å². The fraction of sp³-hybridized carbons (Fsp3) is 0.300. The van der Waals surface area contributed by atoms with Crippen molar-refractivity contribution >= 4 is 16.9 Å². The van der Waals surface area contributed by atoms with E-state index in [2.05, 4.69) is 9.97 Å². The summed E-state index contributed by atoms with van der Waals surface area (Å²) in [5.74, 6) is -0.555. The standard InChI is InChI=1S/C20H18F3N5O2/c1-12(29)27(2)6-7-30-18-5-4-13(8-14(18)20(21,22)23)15-9-17-19(16(10-24)26-15)25-11-28(17)3/h4-5,8-9,11H,6-7H2,1-3H3. The molecule has 0 aliphatic rings. The number of carbonyl (C=O) groups excluding carboxylic acids is 1. The van der Waals surface area contributed by atoms with Gasteiger partial charge in [-0.25, -0.2) is 9.97 Å². The van der Waals surface area contributed by atoms with Gasteiger partial charge < -0.3 is 14.2 Å². The predicted octanol–water partition coefficient (Wildman–Crippen LogP) is 3.38. The largest absolute Gasteiger partial charge is 0.491 e. The number of hydrogen-bond acceptors (Lipinski definition) is 5. The molecule has 0 saturated heterocycles. The van der Waals surface area contributed by atoms with Crippen LogP contribution in [0.25, 0.3) is 22.3 Å². The van der Waals surface area contributed by atoms with Crippen molar-refractivity contribution in [2.24, 2.45) is 7.05 Å². The summed E-state index contributed by atoms with van der Waals surface area (Å²) in [4.78, 5) is 20.8. The minimum atomic E-state index is -4.66. The molecule has 2 heterocycles. The van der Waals surface area contributed by atoms with Crippen LogP contribution in [0.4, 0.5) is 13.2 Å². The Morgan fingerprint density at radius 2 is 2.07 bits per heavy atom. The Balaban J connectivity index is 1.99. The van der Waals surface area contributed by atoms with Gasteiger partial charge in [0, 0.05) is 26.6 Å². The summed E-state index contributed by atoms with van der Waals surface area (Å²) >= 11 is 0. The first-order valence-electron chi connectivity index (χ1n) is 8.90. The number of amides is 1. The van der Waals surface area contributed by atoms with Crippen LogP contribution in [0.3, 0.4) is 0 Å². The van der Waals surface area contributed by atoms with E-state index in [0.29, 0.717) is 11.0 Å². The van der Waals surface area contributed by atoms with Crippen LogP contribution in [0, 0.1) is 11.3 Å². The molecule has 0 saturated carbocycles. The number of aryl methyl sites for hydroxylation is 1. The van der Waals surface area contributed by atoms with Crippen LogP contribution in [0.15, 0.2) is 30.6 Å². The first-order valence-corrected chi connectivity index (χ1v) is 8.90. The van der Waals surface area contributed by atoms with Gasteiger partial charge >= 0.3 is 6.18 Å². The van der Waals surface area contributed by atoms with Crippen molar-refractivity contribution in [1.29, 1.82) is 5.26 Å². The Hall–Kier alpha value is -3.61. The number of likely N-dealkylation sites (N-methyl/N-ethyl adjacent to an activating group) is 1. The second-order valence-electron chi connectivity index (χ2n) is 6.69. The van der Waals surface area contributed by atoms with Crippen LogP contribution in [0.1, 0.15) is 18.2 Å². The number of aromatic nitrogens is 3. The maximum Gasteiger partial charge on any atom is 0.419 e. The van der Waals surface area contributed by atoms with Crippen LogP contribution in [-0.2, 0) is 18.0 Å². The van der Waals surface area contributed by atoms with E-state index in [0.717, 1.165) is 6.07 Å². The normalized spacial score (nSPS) is 11.4. The molecule has 10 heteroatoms. The molecule has 30 heavy (non-hydrogen) atoms. The Bertz CT molecular complexity index is 1150. The Kier molecular flexibility index (Phi) is 5.64. The number of nitriles is 1. The summed E-state index contributed by atoms with van der Waals surface area (Å²) in [6.07, 6.45) is -3.15. The number of nitrogens with zero attached hydrogens (tertiary/aromatic N) is 5. The second-order valence-corrected chi connectivity index (χ2v) is 6.69. The van der Waals surface area contributed by atoms with Crippen molar-refractivity contribution in [2.75, 3.05) is 20.2 Å². The van der Waals surface area contributed by atoms with Crippen molar-refractivity contribution in [1.82, 2.24) is 19.4 Å². The van der Waals surface area contributed by atoms with E-state index < -0.39 is 11.7 Å². The molecule has 1 aromatic carbocycles. The minimum absolute atomic E-state index is 0.0317. The molecular weight excluding hydrogens is 399 g/mol. The van der Waals surface area contributed by atoms with Crippen molar-refractivity contribution in [2.45, 2.75) is 13.1 Å². The van der Waals surface area contributed by atoms with E-state index >= 15 is 0 Å². The van der Waals surface area contributed by atoms with Crippen LogP contribution < -0.4 is 4.74 Å². The zero-order valence-electron chi connectivity index (χ0n) is 16.5. The highest BCUT2D eigenvalue weighted by atomic mass is 19.4. The molecule has 3 rings (SSSR count). The first-order chi connectivity index (χ1) is 14.1. The smallest absolute Gasteiger partial charge is 0.419 e. The van der Waals surface area contributed by atoms with Crippen molar-refractivity contribution in [3.63, 3.8) is 0 Å². The monoisotopic (exact) mass is 417 g/mol. The number of pyridine rings is 1. The molecule has 0 radical (unpaired) electrons. The third-order valence-corrected chi connectivity index (χ3v) is 4.62. The summed E-state index contributed by atoms with van der Waals surface area (Å²) in [5.41, 5.74) is 0.443. The van der Waals surface area contributed by atoms with Gasteiger partial charge in [-0.2, -0.15) is 18.4 Å². The Morgan fingerprint density at radius 1 is 1.33 bits per heavy atom. The van der Waals surface area contributed by atoms with Gasteiger partial charge in [-0.3, -0.25) is 4.79 Å². The fourth-order valence-corrected chi connectivity index (χ4v) is 2.84. The van der Waals surface area contributed by atoms with Gasteiger partial charge in [0.2, 0.25) is 5.91 Å². The molecule has 7 nitrogen and oxygen atoms in total. The Morgan fingerprint density at radius 3 is 2.70 bits per heavy atom. The number of imidazole rings is 1. The fourth-order valence-electron chi connectivity index (χ4n) is 2.84. The van der Waals surface area contributed by atoms with Crippen molar-refractivity contribution < 1.29 is 22.7 Å². The third kappa shape index (κ3) is 4.20. The quantitative estimate of drug-likeness (QED) is 0.636. The molecule has 0 aliphatic carbocycles. The lowest BCUT2D eigenvalue weighted by molar-refractivity contribution is -0.139. The Labute approximate surface area is 170 Å². The lowest BCUT2D eigenvalue weighted by Crippen LogP contribution is -2.28. The summed E-state index contributed by atoms with van der Waals surface area (Å²) < 4.78 is 47.9. The summed E-state index contributed by atoms with van der Waals surface area (Å²) in [7, 11) is 3.25. The van der Waals surface area contributed by atoms with Crippen LogP contribution in [0.2, 0.25) is 0 Å². The number of fused-ring (bicyclic) bond motifs is 1. The van der Waals surface area contributed by atoms with Gasteiger partial charge in [0.05, 0.1) is 29.6 Å². The van der Waals surface area contributed by atoms with Crippen molar-refractivity contribution in [3.05, 3.63) is 41.9 Å². The first kappa shape index (κ1) is 21.1. The van der Waals surface area contributed by atoms with E-state index in [1.165, 1.54) is 37.3 Å². The molecule has 0 unspecified atom stereocenters. The minimum Gasteiger partial charge on any atom is -0.491 e. The maximum atomic E-state index is 13.6. The van der Waals surface area contributed by atoms with Gasteiger partial charge in [0.1, 0.15) is 23.9 Å². The zero-order chi connectivity index (χ0) is 22.1. The van der Waals surface area contributed by atoms with E-state index in [4.69, 9.17) is 4.74 Å². The molecule has 3 aromatic rings. The van der Waals surface area contributed by atoms with Gasteiger partial charge in [-0.05, 0) is 24.3 Å². The zero-order valence-corrected chi connectivity index (χ0v) is 16.5. The van der Waals surface area contributed by atoms with E-state index in [-0.39, 0.29) is 41.8 Å². The number of halogens is 3. The number of ether oxygens (including phenoxy) is 1. The SMILES string of the molecule is CC(=O)N(C)CCOc1ccc(-c2cc3c(ncn3C)c(C#N)n2)cc1C(F)(F)F. The predicted molar refractivity (Wildman–Crippen MR) is 102 cm³/mol. The lowest BCUT2D eigenvalue weighted by Gasteiger charge is -2.18. The highest BCUT2D eigenvalue weighted by Gasteiger charge is 2.35. The maximum absolute atomic E-state index is 13.6. The number of benzene rings is 1. The van der Waals surface area contributed by atoms with Crippen LogP contribution >= 0.6 is 0 Å².